The van der Waals surface area contributed by atoms with Gasteiger partial charge in [0.05, 0.1) is 12.8 Å². The fourth-order valence-corrected chi connectivity index (χ4v) is 2.57. The van der Waals surface area contributed by atoms with E-state index in [2.05, 4.69) is 46.6 Å². The molecule has 1 atom stereocenters. The van der Waals surface area contributed by atoms with Gasteiger partial charge in [-0.2, -0.15) is 4.98 Å². The van der Waals surface area contributed by atoms with Crippen LogP contribution in [0.3, 0.4) is 0 Å². The Morgan fingerprint density at radius 3 is 2.75 bits per heavy atom. The van der Waals surface area contributed by atoms with Crippen LogP contribution in [0.2, 0.25) is 0 Å². The van der Waals surface area contributed by atoms with Crippen molar-refractivity contribution < 1.29 is 4.74 Å². The zero-order chi connectivity index (χ0) is 16.9. The highest BCUT2D eigenvalue weighted by Gasteiger charge is 2.26. The Morgan fingerprint density at radius 2 is 2.04 bits per heavy atom. The molecule has 1 aliphatic carbocycles. The number of aromatic nitrogens is 2. The molecule has 1 aromatic heterocycles. The van der Waals surface area contributed by atoms with Gasteiger partial charge in [0.2, 0.25) is 5.95 Å². The summed E-state index contributed by atoms with van der Waals surface area (Å²) in [4.78, 5) is 9.31. The molecule has 24 heavy (non-hydrogen) atoms. The number of nitrogens with one attached hydrogen (secondary N) is 2. The Labute approximate surface area is 143 Å². The molecule has 5 heteroatoms. The van der Waals surface area contributed by atoms with Crippen LogP contribution in [0, 0.1) is 0 Å². The fourth-order valence-electron chi connectivity index (χ4n) is 2.57. The van der Waals surface area contributed by atoms with Gasteiger partial charge >= 0.3 is 0 Å². The first kappa shape index (κ1) is 16.6. The van der Waals surface area contributed by atoms with E-state index in [1.165, 1.54) is 12.8 Å². The van der Waals surface area contributed by atoms with Crippen molar-refractivity contribution in [3.05, 3.63) is 41.6 Å². The van der Waals surface area contributed by atoms with Gasteiger partial charge in [-0.25, -0.2) is 4.98 Å². The number of methoxy groups -OCH3 is 1. The van der Waals surface area contributed by atoms with Gasteiger partial charge in [0.1, 0.15) is 11.6 Å². The number of benzene rings is 1. The summed E-state index contributed by atoms with van der Waals surface area (Å²) in [6, 6.07) is 10.5. The highest BCUT2D eigenvalue weighted by atomic mass is 16.5. The van der Waals surface area contributed by atoms with Crippen molar-refractivity contribution in [1.82, 2.24) is 9.97 Å². The molecule has 1 fully saturated rings. The quantitative estimate of drug-likeness (QED) is 0.762. The number of hydrogen-bond donors (Lipinski definition) is 2. The van der Waals surface area contributed by atoms with Crippen molar-refractivity contribution >= 4 is 11.8 Å². The van der Waals surface area contributed by atoms with Crippen molar-refractivity contribution in [1.29, 1.82) is 0 Å². The molecular weight excluding hydrogens is 300 g/mol. The van der Waals surface area contributed by atoms with Crippen LogP contribution in [0.1, 0.15) is 50.3 Å². The first-order valence-corrected chi connectivity index (χ1v) is 8.71. The highest BCUT2D eigenvalue weighted by molar-refractivity contribution is 5.46. The molecule has 0 amide bonds. The monoisotopic (exact) mass is 326 g/mol. The van der Waals surface area contributed by atoms with E-state index in [1.54, 1.807) is 7.11 Å². The van der Waals surface area contributed by atoms with Crippen molar-refractivity contribution in [3.8, 4) is 5.75 Å². The Morgan fingerprint density at radius 1 is 1.25 bits per heavy atom. The largest absolute Gasteiger partial charge is 0.496 e. The van der Waals surface area contributed by atoms with Gasteiger partial charge in [-0.15, -0.1) is 0 Å². The minimum atomic E-state index is 0.363. The summed E-state index contributed by atoms with van der Waals surface area (Å²) in [5.74, 6) is 3.07. The lowest BCUT2D eigenvalue weighted by Gasteiger charge is -2.15. The summed E-state index contributed by atoms with van der Waals surface area (Å²) in [6.07, 6.45) is 3.50. The lowest BCUT2D eigenvalue weighted by atomic mass is 10.2. The maximum absolute atomic E-state index is 5.41. The van der Waals surface area contributed by atoms with Gasteiger partial charge in [0.15, 0.2) is 0 Å². The first-order valence-electron chi connectivity index (χ1n) is 8.71. The molecule has 1 heterocycles. The van der Waals surface area contributed by atoms with Crippen LogP contribution in [-0.4, -0.2) is 23.1 Å². The fraction of sp³-hybridized carbons (Fsp3) is 0.474. The lowest BCUT2D eigenvalue weighted by molar-refractivity contribution is 0.410. The first-order chi connectivity index (χ1) is 11.7. The van der Waals surface area contributed by atoms with Crippen LogP contribution in [0.15, 0.2) is 30.3 Å². The number of nitrogens with zero attached hydrogens (tertiary/aromatic N) is 2. The summed E-state index contributed by atoms with van der Waals surface area (Å²) in [5, 5.41) is 6.81. The Kier molecular flexibility index (Phi) is 5.18. The summed E-state index contributed by atoms with van der Waals surface area (Å²) >= 11 is 0. The van der Waals surface area contributed by atoms with E-state index in [4.69, 9.17) is 4.74 Å². The molecule has 2 aromatic rings. The molecule has 2 N–H and O–H groups in total. The smallest absolute Gasteiger partial charge is 0.225 e. The standard InChI is InChI=1S/C19H26N4O/c1-4-13(2)21-19-22-16(14-9-10-14)11-18(23-19)20-12-15-7-5-6-8-17(15)24-3/h5-8,11,13-14H,4,9-10,12H2,1-3H3,(H2,20,21,22,23)/t13-/m0/s1. The van der Waals surface area contributed by atoms with Crippen molar-refractivity contribution in [3.63, 3.8) is 0 Å². The summed E-state index contributed by atoms with van der Waals surface area (Å²) < 4.78 is 5.41. The second-order valence-corrected chi connectivity index (χ2v) is 6.39. The predicted molar refractivity (Wildman–Crippen MR) is 97.7 cm³/mol. The molecule has 0 radical (unpaired) electrons. The molecule has 0 saturated heterocycles. The highest BCUT2D eigenvalue weighted by Crippen LogP contribution is 2.40. The van der Waals surface area contributed by atoms with Crippen molar-refractivity contribution in [2.45, 2.75) is 51.6 Å². The van der Waals surface area contributed by atoms with Gasteiger partial charge in [0, 0.05) is 30.1 Å². The SMILES string of the molecule is CC[C@H](C)Nc1nc(NCc2ccccc2OC)cc(C2CC2)n1. The van der Waals surface area contributed by atoms with Gasteiger partial charge in [-0.05, 0) is 32.3 Å². The molecule has 0 unspecified atom stereocenters. The summed E-state index contributed by atoms with van der Waals surface area (Å²) in [6.45, 7) is 4.98. The van der Waals surface area contributed by atoms with E-state index in [0.29, 0.717) is 18.5 Å². The van der Waals surface area contributed by atoms with Gasteiger partial charge in [-0.3, -0.25) is 0 Å². The topological polar surface area (TPSA) is 59.1 Å². The van der Waals surface area contributed by atoms with Crippen molar-refractivity contribution in [2.24, 2.45) is 0 Å². The third kappa shape index (κ3) is 4.16. The third-order valence-electron chi connectivity index (χ3n) is 4.38. The number of para-hydroxylation sites is 1. The van der Waals surface area contributed by atoms with Crippen LogP contribution in [0.5, 0.6) is 5.75 Å². The van der Waals surface area contributed by atoms with E-state index in [0.717, 1.165) is 35.2 Å². The minimum Gasteiger partial charge on any atom is -0.496 e. The van der Waals surface area contributed by atoms with Crippen LogP contribution in [-0.2, 0) is 6.54 Å². The predicted octanol–water partition coefficient (Wildman–Crippen LogP) is 4.19. The molecule has 0 bridgehead atoms. The molecule has 1 aliphatic rings. The molecule has 1 aromatic carbocycles. The summed E-state index contributed by atoms with van der Waals surface area (Å²) in [7, 11) is 1.70. The average molecular weight is 326 g/mol. The maximum atomic E-state index is 5.41. The Bertz CT molecular complexity index is 685. The van der Waals surface area contributed by atoms with Crippen LogP contribution >= 0.6 is 0 Å². The van der Waals surface area contributed by atoms with Gasteiger partial charge in [-0.1, -0.05) is 25.1 Å². The number of hydrogen-bond acceptors (Lipinski definition) is 5. The van der Waals surface area contributed by atoms with Crippen molar-refractivity contribution in [2.75, 3.05) is 17.7 Å². The van der Waals surface area contributed by atoms with Gasteiger partial charge < -0.3 is 15.4 Å². The zero-order valence-corrected chi connectivity index (χ0v) is 14.7. The van der Waals surface area contributed by atoms with E-state index in [9.17, 15) is 0 Å². The molecule has 0 spiro atoms. The Balaban J connectivity index is 1.76. The molecule has 0 aliphatic heterocycles. The number of ether oxygens (including phenoxy) is 1. The molecule has 3 rings (SSSR count). The van der Waals surface area contributed by atoms with Crippen LogP contribution in [0.4, 0.5) is 11.8 Å². The van der Waals surface area contributed by atoms with E-state index < -0.39 is 0 Å². The Hall–Kier alpha value is -2.30. The maximum Gasteiger partial charge on any atom is 0.225 e. The second kappa shape index (κ2) is 7.51. The van der Waals surface area contributed by atoms with E-state index in [1.807, 2.05) is 18.2 Å². The third-order valence-corrected chi connectivity index (χ3v) is 4.38. The van der Waals surface area contributed by atoms with E-state index in [-0.39, 0.29) is 0 Å². The zero-order valence-electron chi connectivity index (χ0n) is 14.7. The van der Waals surface area contributed by atoms with E-state index >= 15 is 0 Å². The molecule has 5 nitrogen and oxygen atoms in total. The van der Waals surface area contributed by atoms with Crippen LogP contribution in [0.25, 0.3) is 0 Å². The number of rotatable bonds is 8. The minimum absolute atomic E-state index is 0.363. The normalized spacial score (nSPS) is 15.0. The van der Waals surface area contributed by atoms with Crippen LogP contribution < -0.4 is 15.4 Å². The molecule has 128 valence electrons. The second-order valence-electron chi connectivity index (χ2n) is 6.39. The molecule has 1 saturated carbocycles. The molecular formula is C19H26N4O. The average Bonchev–Trinajstić information content (AvgIpc) is 3.45. The summed E-state index contributed by atoms with van der Waals surface area (Å²) in [5.41, 5.74) is 2.25. The van der Waals surface area contributed by atoms with Gasteiger partial charge in [0.25, 0.3) is 0 Å². The number of anilines is 2. The lowest BCUT2D eigenvalue weighted by Crippen LogP contribution is -2.17.